The SMILES string of the molecule is CCOc1ccc(C)cc1C(=O)c1cc(N)cc(C)c1F. The molecule has 2 aromatic rings. The molecule has 2 rings (SSSR count). The molecule has 0 atom stereocenters. The molecular formula is C17H18FNO2. The molecule has 0 heterocycles. The highest BCUT2D eigenvalue weighted by Crippen LogP contribution is 2.26. The van der Waals surface area contributed by atoms with Crippen LogP contribution in [0.25, 0.3) is 0 Å². The molecule has 3 nitrogen and oxygen atoms in total. The van der Waals surface area contributed by atoms with Gasteiger partial charge in [0.05, 0.1) is 17.7 Å². The first-order chi connectivity index (χ1) is 9.93. The molecule has 2 N–H and O–H groups in total. The number of nitrogens with two attached hydrogens (primary N) is 1. The molecule has 0 fully saturated rings. The van der Waals surface area contributed by atoms with Gasteiger partial charge in [0.2, 0.25) is 0 Å². The Bertz CT molecular complexity index is 695. The van der Waals surface area contributed by atoms with Crippen LogP contribution in [-0.2, 0) is 0 Å². The molecule has 0 aliphatic rings. The number of rotatable bonds is 4. The third-order valence-electron chi connectivity index (χ3n) is 3.20. The van der Waals surface area contributed by atoms with Gasteiger partial charge >= 0.3 is 0 Å². The number of aryl methyl sites for hydroxylation is 2. The van der Waals surface area contributed by atoms with E-state index in [4.69, 9.17) is 10.5 Å². The van der Waals surface area contributed by atoms with Gasteiger partial charge in [0.1, 0.15) is 11.6 Å². The monoisotopic (exact) mass is 287 g/mol. The molecule has 4 heteroatoms. The van der Waals surface area contributed by atoms with Gasteiger partial charge in [0.25, 0.3) is 0 Å². The van der Waals surface area contributed by atoms with Crippen molar-refractivity contribution in [2.75, 3.05) is 12.3 Å². The molecule has 110 valence electrons. The average molecular weight is 287 g/mol. The van der Waals surface area contributed by atoms with Gasteiger partial charge < -0.3 is 10.5 Å². The predicted octanol–water partition coefficient (Wildman–Crippen LogP) is 3.65. The van der Waals surface area contributed by atoms with Crippen LogP contribution in [0.1, 0.15) is 34.0 Å². The van der Waals surface area contributed by atoms with Gasteiger partial charge in [-0.25, -0.2) is 4.39 Å². The highest BCUT2D eigenvalue weighted by molar-refractivity contribution is 6.11. The second-order valence-electron chi connectivity index (χ2n) is 4.96. The molecule has 0 saturated carbocycles. The van der Waals surface area contributed by atoms with Crippen LogP contribution in [0.3, 0.4) is 0 Å². The van der Waals surface area contributed by atoms with Crippen LogP contribution in [0, 0.1) is 19.7 Å². The Hall–Kier alpha value is -2.36. The number of ether oxygens (including phenoxy) is 1. The Balaban J connectivity index is 2.57. The summed E-state index contributed by atoms with van der Waals surface area (Å²) in [6.07, 6.45) is 0. The Kier molecular flexibility index (Phi) is 4.26. The fraction of sp³-hybridized carbons (Fsp3) is 0.235. The summed E-state index contributed by atoms with van der Waals surface area (Å²) in [6, 6.07) is 8.14. The topological polar surface area (TPSA) is 52.3 Å². The number of ketones is 1. The molecule has 21 heavy (non-hydrogen) atoms. The summed E-state index contributed by atoms with van der Waals surface area (Å²) >= 11 is 0. The molecule has 0 spiro atoms. The number of benzene rings is 2. The van der Waals surface area contributed by atoms with E-state index in [2.05, 4.69) is 0 Å². The molecule has 0 bridgehead atoms. The lowest BCUT2D eigenvalue weighted by atomic mass is 9.98. The minimum absolute atomic E-state index is 0.0287. The van der Waals surface area contributed by atoms with Crippen molar-refractivity contribution in [3.8, 4) is 5.75 Å². The van der Waals surface area contributed by atoms with Gasteiger partial charge in [0.15, 0.2) is 5.78 Å². The van der Waals surface area contributed by atoms with E-state index in [1.54, 1.807) is 19.1 Å². The Labute approximate surface area is 123 Å². The summed E-state index contributed by atoms with van der Waals surface area (Å²) in [6.45, 7) is 5.72. The van der Waals surface area contributed by atoms with E-state index < -0.39 is 11.6 Å². The Morgan fingerprint density at radius 3 is 2.57 bits per heavy atom. The number of hydrogen-bond acceptors (Lipinski definition) is 3. The molecule has 2 aromatic carbocycles. The molecule has 0 saturated heterocycles. The zero-order valence-corrected chi connectivity index (χ0v) is 12.4. The summed E-state index contributed by atoms with van der Waals surface area (Å²) in [7, 11) is 0. The zero-order chi connectivity index (χ0) is 15.6. The van der Waals surface area contributed by atoms with Crippen LogP contribution in [0.5, 0.6) is 5.75 Å². The second-order valence-corrected chi connectivity index (χ2v) is 4.96. The molecule has 0 aliphatic carbocycles. The van der Waals surface area contributed by atoms with Crippen molar-refractivity contribution in [1.82, 2.24) is 0 Å². The van der Waals surface area contributed by atoms with Crippen molar-refractivity contribution in [3.63, 3.8) is 0 Å². The lowest BCUT2D eigenvalue weighted by molar-refractivity contribution is 0.103. The summed E-state index contributed by atoms with van der Waals surface area (Å²) < 4.78 is 19.7. The number of nitrogen functional groups attached to an aromatic ring is 1. The van der Waals surface area contributed by atoms with Crippen LogP contribution in [-0.4, -0.2) is 12.4 Å². The smallest absolute Gasteiger partial charge is 0.199 e. The predicted molar refractivity (Wildman–Crippen MR) is 81.3 cm³/mol. The zero-order valence-electron chi connectivity index (χ0n) is 12.4. The number of anilines is 1. The fourth-order valence-electron chi connectivity index (χ4n) is 2.21. The first kappa shape index (κ1) is 15.0. The van der Waals surface area contributed by atoms with E-state index in [0.717, 1.165) is 5.56 Å². The quantitative estimate of drug-likeness (QED) is 0.689. The Morgan fingerprint density at radius 2 is 1.90 bits per heavy atom. The highest BCUT2D eigenvalue weighted by Gasteiger charge is 2.20. The second kappa shape index (κ2) is 5.95. The van der Waals surface area contributed by atoms with Gasteiger partial charge in [-0.05, 0) is 50.6 Å². The molecule has 0 amide bonds. The molecule has 0 unspecified atom stereocenters. The van der Waals surface area contributed by atoms with Crippen LogP contribution in [0.2, 0.25) is 0 Å². The van der Waals surface area contributed by atoms with Gasteiger partial charge in [-0.1, -0.05) is 11.6 Å². The lowest BCUT2D eigenvalue weighted by Crippen LogP contribution is -2.09. The summed E-state index contributed by atoms with van der Waals surface area (Å²) in [5.74, 6) is -0.513. The number of hydrogen-bond donors (Lipinski definition) is 1. The highest BCUT2D eigenvalue weighted by atomic mass is 19.1. The van der Waals surface area contributed by atoms with Gasteiger partial charge in [-0.3, -0.25) is 4.79 Å². The van der Waals surface area contributed by atoms with Crippen molar-refractivity contribution < 1.29 is 13.9 Å². The molecular weight excluding hydrogens is 269 g/mol. The third kappa shape index (κ3) is 3.05. The van der Waals surface area contributed by atoms with E-state index in [-0.39, 0.29) is 5.56 Å². The minimum atomic E-state index is -0.543. The number of carbonyl (C=O) groups excluding carboxylic acids is 1. The number of halogens is 1. The van der Waals surface area contributed by atoms with Crippen molar-refractivity contribution >= 4 is 11.5 Å². The fourth-order valence-corrected chi connectivity index (χ4v) is 2.21. The standard InChI is InChI=1S/C17H18FNO2/c1-4-21-15-6-5-10(2)7-13(15)17(20)14-9-12(19)8-11(3)16(14)18/h5-9H,4,19H2,1-3H3. The molecule has 0 aromatic heterocycles. The van der Waals surface area contributed by atoms with Crippen LogP contribution >= 0.6 is 0 Å². The maximum absolute atomic E-state index is 14.2. The van der Waals surface area contributed by atoms with E-state index in [9.17, 15) is 9.18 Å². The van der Waals surface area contributed by atoms with Gasteiger partial charge in [-0.2, -0.15) is 0 Å². The van der Waals surface area contributed by atoms with Crippen molar-refractivity contribution in [1.29, 1.82) is 0 Å². The summed E-state index contributed by atoms with van der Waals surface area (Å²) in [5, 5.41) is 0. The largest absolute Gasteiger partial charge is 0.493 e. The van der Waals surface area contributed by atoms with Crippen molar-refractivity contribution in [2.45, 2.75) is 20.8 Å². The number of carbonyl (C=O) groups is 1. The van der Waals surface area contributed by atoms with E-state index in [1.807, 2.05) is 19.9 Å². The Morgan fingerprint density at radius 1 is 1.19 bits per heavy atom. The minimum Gasteiger partial charge on any atom is -0.493 e. The van der Waals surface area contributed by atoms with Crippen LogP contribution < -0.4 is 10.5 Å². The third-order valence-corrected chi connectivity index (χ3v) is 3.20. The summed E-state index contributed by atoms with van der Waals surface area (Å²) in [5.41, 5.74) is 7.66. The molecule has 0 radical (unpaired) electrons. The average Bonchev–Trinajstić information content (AvgIpc) is 2.44. The lowest BCUT2D eigenvalue weighted by Gasteiger charge is -2.12. The van der Waals surface area contributed by atoms with E-state index in [1.165, 1.54) is 12.1 Å². The van der Waals surface area contributed by atoms with Crippen molar-refractivity contribution in [3.05, 3.63) is 58.4 Å². The maximum atomic E-state index is 14.2. The summed E-state index contributed by atoms with van der Waals surface area (Å²) in [4.78, 5) is 12.6. The van der Waals surface area contributed by atoms with E-state index in [0.29, 0.717) is 29.2 Å². The first-order valence-electron chi connectivity index (χ1n) is 6.77. The maximum Gasteiger partial charge on any atom is 0.199 e. The van der Waals surface area contributed by atoms with Gasteiger partial charge in [0, 0.05) is 5.69 Å². The van der Waals surface area contributed by atoms with Crippen LogP contribution in [0.4, 0.5) is 10.1 Å². The van der Waals surface area contributed by atoms with Crippen molar-refractivity contribution in [2.24, 2.45) is 0 Å². The normalized spacial score (nSPS) is 10.5. The van der Waals surface area contributed by atoms with Gasteiger partial charge in [-0.15, -0.1) is 0 Å². The first-order valence-corrected chi connectivity index (χ1v) is 6.77. The molecule has 0 aliphatic heterocycles. The van der Waals surface area contributed by atoms with Crippen LogP contribution in [0.15, 0.2) is 30.3 Å². The van der Waals surface area contributed by atoms with E-state index >= 15 is 0 Å².